The molecule has 0 unspecified atom stereocenters. The fourth-order valence-electron chi connectivity index (χ4n) is 3.59. The highest BCUT2D eigenvalue weighted by atomic mass is 79.9. The van der Waals surface area contributed by atoms with Gasteiger partial charge in [0.15, 0.2) is 5.11 Å². The molecule has 0 saturated carbocycles. The maximum Gasteiger partial charge on any atom is 0.257 e. The van der Waals surface area contributed by atoms with Crippen molar-refractivity contribution >= 4 is 68.1 Å². The molecule has 2 N–H and O–H groups in total. The van der Waals surface area contributed by atoms with E-state index in [4.69, 9.17) is 28.6 Å². The molecular formula is C23H26BrClN4O3S. The third-order valence-electron chi connectivity index (χ3n) is 5.28. The van der Waals surface area contributed by atoms with Crippen LogP contribution in [0.15, 0.2) is 40.9 Å². The van der Waals surface area contributed by atoms with E-state index in [0.717, 1.165) is 5.69 Å². The van der Waals surface area contributed by atoms with Crippen LogP contribution in [0.25, 0.3) is 0 Å². The standard InChI is InChI=1S/C23H26BrClN4O3S/c1-14(2)22(31)29-11-9-28(10-12-29)20-17(25)5-4-6-18(20)26-23(33)27-21(30)15-7-8-19(32-3)16(24)13-15/h4-8,13-14H,9-12H2,1-3H3,(H2,26,27,30,33). The molecule has 1 aliphatic rings. The van der Waals surface area contributed by atoms with Crippen LogP contribution in [0, 0.1) is 5.92 Å². The van der Waals surface area contributed by atoms with Gasteiger partial charge < -0.3 is 19.9 Å². The first kappa shape index (κ1) is 25.3. The Labute approximate surface area is 212 Å². The molecule has 33 heavy (non-hydrogen) atoms. The second-order valence-corrected chi connectivity index (χ2v) is 9.53. The maximum absolute atomic E-state index is 12.6. The quantitative estimate of drug-likeness (QED) is 0.530. The molecule has 1 heterocycles. The fourth-order valence-corrected chi connectivity index (χ4v) is 4.63. The van der Waals surface area contributed by atoms with E-state index in [1.54, 1.807) is 25.3 Å². The maximum atomic E-state index is 12.6. The lowest BCUT2D eigenvalue weighted by molar-refractivity contribution is -0.134. The summed E-state index contributed by atoms with van der Waals surface area (Å²) in [6, 6.07) is 10.5. The zero-order chi connectivity index (χ0) is 24.1. The zero-order valence-electron chi connectivity index (χ0n) is 18.7. The number of para-hydroxylation sites is 1. The van der Waals surface area contributed by atoms with Gasteiger partial charge >= 0.3 is 0 Å². The van der Waals surface area contributed by atoms with Gasteiger partial charge in [0.1, 0.15) is 5.75 Å². The summed E-state index contributed by atoms with van der Waals surface area (Å²) in [6.07, 6.45) is 0. The first-order chi connectivity index (χ1) is 15.7. The number of nitrogens with one attached hydrogen (secondary N) is 2. The summed E-state index contributed by atoms with van der Waals surface area (Å²) in [6.45, 7) is 6.35. The van der Waals surface area contributed by atoms with Gasteiger partial charge in [-0.25, -0.2) is 0 Å². The number of ether oxygens (including phenoxy) is 1. The topological polar surface area (TPSA) is 73.9 Å². The molecule has 0 radical (unpaired) electrons. The summed E-state index contributed by atoms with van der Waals surface area (Å²) in [5, 5.41) is 6.52. The number of carbonyl (C=O) groups is 2. The Morgan fingerprint density at radius 3 is 2.45 bits per heavy atom. The number of carbonyl (C=O) groups excluding carboxylic acids is 2. The monoisotopic (exact) mass is 552 g/mol. The number of piperazine rings is 1. The average molecular weight is 554 g/mol. The number of methoxy groups -OCH3 is 1. The number of hydrogen-bond acceptors (Lipinski definition) is 5. The summed E-state index contributed by atoms with van der Waals surface area (Å²) in [7, 11) is 1.56. The smallest absolute Gasteiger partial charge is 0.257 e. The van der Waals surface area contributed by atoms with Crippen molar-refractivity contribution in [3.63, 3.8) is 0 Å². The van der Waals surface area contributed by atoms with E-state index in [9.17, 15) is 9.59 Å². The highest BCUT2D eigenvalue weighted by Crippen LogP contribution is 2.34. The molecule has 0 atom stereocenters. The van der Waals surface area contributed by atoms with Gasteiger partial charge in [0, 0.05) is 37.7 Å². The van der Waals surface area contributed by atoms with Crippen molar-refractivity contribution in [1.29, 1.82) is 0 Å². The normalized spacial score (nSPS) is 13.6. The van der Waals surface area contributed by atoms with Crippen LogP contribution in [0.4, 0.5) is 11.4 Å². The van der Waals surface area contributed by atoms with Gasteiger partial charge in [0.2, 0.25) is 5.91 Å². The molecule has 3 rings (SSSR count). The summed E-state index contributed by atoms with van der Waals surface area (Å²) in [5.74, 6) is 0.411. The van der Waals surface area contributed by atoms with Crippen LogP contribution in [0.1, 0.15) is 24.2 Å². The molecule has 2 amide bonds. The summed E-state index contributed by atoms with van der Waals surface area (Å²) in [4.78, 5) is 28.9. The number of nitrogens with zero attached hydrogens (tertiary/aromatic N) is 2. The Morgan fingerprint density at radius 2 is 1.85 bits per heavy atom. The van der Waals surface area contributed by atoms with Crippen LogP contribution < -0.4 is 20.3 Å². The lowest BCUT2D eigenvalue weighted by atomic mass is 10.1. The van der Waals surface area contributed by atoms with Crippen molar-refractivity contribution in [2.24, 2.45) is 5.92 Å². The van der Waals surface area contributed by atoms with Gasteiger partial charge in [-0.05, 0) is 58.5 Å². The summed E-state index contributed by atoms with van der Waals surface area (Å²) < 4.78 is 5.87. The van der Waals surface area contributed by atoms with Gasteiger partial charge in [-0.15, -0.1) is 0 Å². The number of thiocarbonyl (C=S) groups is 1. The van der Waals surface area contributed by atoms with Crippen molar-refractivity contribution in [2.75, 3.05) is 43.5 Å². The minimum atomic E-state index is -0.347. The first-order valence-corrected chi connectivity index (χ1v) is 12.1. The van der Waals surface area contributed by atoms with E-state index in [2.05, 4.69) is 31.5 Å². The van der Waals surface area contributed by atoms with Crippen LogP contribution in [0.3, 0.4) is 0 Å². The number of halogens is 2. The van der Waals surface area contributed by atoms with E-state index in [1.807, 2.05) is 36.9 Å². The van der Waals surface area contributed by atoms with Crippen molar-refractivity contribution in [1.82, 2.24) is 10.2 Å². The Morgan fingerprint density at radius 1 is 1.15 bits per heavy atom. The van der Waals surface area contributed by atoms with Crippen molar-refractivity contribution in [3.8, 4) is 5.75 Å². The van der Waals surface area contributed by atoms with E-state index in [-0.39, 0.29) is 22.8 Å². The lowest BCUT2D eigenvalue weighted by Gasteiger charge is -2.38. The predicted molar refractivity (Wildman–Crippen MR) is 139 cm³/mol. The molecule has 0 aromatic heterocycles. The second-order valence-electron chi connectivity index (χ2n) is 7.86. The molecule has 0 spiro atoms. The Balaban J connectivity index is 1.69. The average Bonchev–Trinajstić information content (AvgIpc) is 2.78. The number of hydrogen-bond donors (Lipinski definition) is 2. The van der Waals surface area contributed by atoms with Gasteiger partial charge in [-0.1, -0.05) is 31.5 Å². The highest BCUT2D eigenvalue weighted by Gasteiger charge is 2.25. The Bertz CT molecular complexity index is 1060. The minimum Gasteiger partial charge on any atom is -0.496 e. The predicted octanol–water partition coefficient (Wildman–Crippen LogP) is 4.54. The fraction of sp³-hybridized carbons (Fsp3) is 0.348. The largest absolute Gasteiger partial charge is 0.496 e. The summed E-state index contributed by atoms with van der Waals surface area (Å²) >= 11 is 15.3. The van der Waals surface area contributed by atoms with Crippen LogP contribution in [0.5, 0.6) is 5.75 Å². The van der Waals surface area contributed by atoms with Crippen molar-refractivity contribution < 1.29 is 14.3 Å². The molecular weight excluding hydrogens is 528 g/mol. The van der Waals surface area contributed by atoms with Gasteiger partial charge in [0.25, 0.3) is 5.91 Å². The lowest BCUT2D eigenvalue weighted by Crippen LogP contribution is -2.50. The number of anilines is 2. The Kier molecular flexibility index (Phi) is 8.56. The minimum absolute atomic E-state index is 0.0265. The van der Waals surface area contributed by atoms with Crippen LogP contribution >= 0.6 is 39.7 Å². The third kappa shape index (κ3) is 6.16. The van der Waals surface area contributed by atoms with Crippen LogP contribution in [-0.2, 0) is 4.79 Å². The molecule has 176 valence electrons. The molecule has 7 nitrogen and oxygen atoms in total. The van der Waals surface area contributed by atoms with Gasteiger partial charge in [-0.2, -0.15) is 0 Å². The first-order valence-electron chi connectivity index (χ1n) is 10.5. The van der Waals surface area contributed by atoms with Crippen molar-refractivity contribution in [3.05, 3.63) is 51.5 Å². The van der Waals surface area contributed by atoms with E-state index in [0.29, 0.717) is 52.7 Å². The molecule has 1 saturated heterocycles. The highest BCUT2D eigenvalue weighted by molar-refractivity contribution is 9.10. The van der Waals surface area contributed by atoms with Gasteiger partial charge in [-0.3, -0.25) is 14.9 Å². The Hall–Kier alpha value is -2.36. The summed E-state index contributed by atoms with van der Waals surface area (Å²) in [5.41, 5.74) is 1.91. The van der Waals surface area contributed by atoms with Gasteiger partial charge in [0.05, 0.1) is 28.0 Å². The zero-order valence-corrected chi connectivity index (χ0v) is 21.8. The van der Waals surface area contributed by atoms with E-state index < -0.39 is 0 Å². The molecule has 0 aliphatic carbocycles. The number of amides is 2. The van der Waals surface area contributed by atoms with E-state index in [1.165, 1.54) is 0 Å². The van der Waals surface area contributed by atoms with Crippen LogP contribution in [0.2, 0.25) is 5.02 Å². The molecule has 0 bridgehead atoms. The SMILES string of the molecule is COc1ccc(C(=O)NC(=S)Nc2cccc(Cl)c2N2CCN(C(=O)C(C)C)CC2)cc1Br. The molecule has 2 aromatic rings. The number of rotatable bonds is 5. The third-order valence-corrected chi connectivity index (χ3v) is 6.41. The molecule has 1 aliphatic heterocycles. The number of benzene rings is 2. The second kappa shape index (κ2) is 11.2. The van der Waals surface area contributed by atoms with Crippen molar-refractivity contribution in [2.45, 2.75) is 13.8 Å². The molecule has 10 heteroatoms. The molecule has 2 aromatic carbocycles. The van der Waals surface area contributed by atoms with E-state index >= 15 is 0 Å². The molecule has 1 fully saturated rings. The van der Waals surface area contributed by atoms with Crippen LogP contribution in [-0.4, -0.2) is 55.1 Å².